The number of anilines is 1. The predicted octanol–water partition coefficient (Wildman–Crippen LogP) is 3.27. The summed E-state index contributed by atoms with van der Waals surface area (Å²) in [6.45, 7) is 5.09. The maximum absolute atomic E-state index is 5.80. The zero-order chi connectivity index (χ0) is 19.5. The molecule has 1 unspecified atom stereocenters. The third-order valence-corrected chi connectivity index (χ3v) is 4.27. The normalized spacial score (nSPS) is 12.5. The van der Waals surface area contributed by atoms with Crippen molar-refractivity contribution in [1.82, 2.24) is 10.6 Å². The Kier molecular flexibility index (Phi) is 8.65. The molecular formula is C22H32N4O. The van der Waals surface area contributed by atoms with Crippen LogP contribution in [0, 0.1) is 5.92 Å². The second-order valence-corrected chi connectivity index (χ2v) is 6.97. The van der Waals surface area contributed by atoms with Gasteiger partial charge in [-0.15, -0.1) is 0 Å². The van der Waals surface area contributed by atoms with Gasteiger partial charge in [0.2, 0.25) is 0 Å². The number of nitrogens with one attached hydrogen (secondary N) is 2. The van der Waals surface area contributed by atoms with Gasteiger partial charge in [-0.3, -0.25) is 4.99 Å². The molecule has 0 fully saturated rings. The summed E-state index contributed by atoms with van der Waals surface area (Å²) in [7, 11) is 5.88. The summed E-state index contributed by atoms with van der Waals surface area (Å²) >= 11 is 0. The van der Waals surface area contributed by atoms with E-state index >= 15 is 0 Å². The zero-order valence-corrected chi connectivity index (χ0v) is 16.9. The minimum Gasteiger partial charge on any atom is -0.378 e. The first-order valence-electron chi connectivity index (χ1n) is 9.41. The second kappa shape index (κ2) is 11.2. The fraction of sp³-hybridized carbons (Fsp3) is 0.409. The van der Waals surface area contributed by atoms with Crippen LogP contribution in [0.3, 0.4) is 0 Å². The van der Waals surface area contributed by atoms with Crippen LogP contribution in [0.1, 0.15) is 18.1 Å². The molecule has 0 saturated heterocycles. The van der Waals surface area contributed by atoms with Crippen LogP contribution in [0.5, 0.6) is 0 Å². The van der Waals surface area contributed by atoms with Crippen LogP contribution < -0.4 is 15.5 Å². The molecule has 2 rings (SSSR count). The molecule has 0 saturated carbocycles. The summed E-state index contributed by atoms with van der Waals surface area (Å²) in [5.41, 5.74) is 3.63. The molecular weight excluding hydrogens is 336 g/mol. The lowest BCUT2D eigenvalue weighted by Crippen LogP contribution is -2.39. The molecule has 2 aromatic carbocycles. The molecule has 0 aliphatic rings. The zero-order valence-electron chi connectivity index (χ0n) is 16.9. The van der Waals surface area contributed by atoms with E-state index in [1.807, 2.05) is 32.3 Å². The van der Waals surface area contributed by atoms with Gasteiger partial charge in [-0.05, 0) is 29.2 Å². The number of benzene rings is 2. The summed E-state index contributed by atoms with van der Waals surface area (Å²) in [6, 6.07) is 18.8. The van der Waals surface area contributed by atoms with Crippen molar-refractivity contribution in [1.29, 1.82) is 0 Å². The van der Waals surface area contributed by atoms with Crippen molar-refractivity contribution in [3.8, 4) is 0 Å². The van der Waals surface area contributed by atoms with Crippen molar-refractivity contribution in [2.45, 2.75) is 20.1 Å². The van der Waals surface area contributed by atoms with Crippen molar-refractivity contribution in [2.24, 2.45) is 10.9 Å². The van der Waals surface area contributed by atoms with Crippen LogP contribution in [-0.2, 0) is 17.9 Å². The predicted molar refractivity (Wildman–Crippen MR) is 114 cm³/mol. The summed E-state index contributed by atoms with van der Waals surface area (Å²) in [6.07, 6.45) is 0. The molecule has 27 heavy (non-hydrogen) atoms. The van der Waals surface area contributed by atoms with Crippen molar-refractivity contribution in [3.63, 3.8) is 0 Å². The largest absolute Gasteiger partial charge is 0.378 e. The summed E-state index contributed by atoms with van der Waals surface area (Å²) in [5.74, 6) is 1.20. The second-order valence-electron chi connectivity index (χ2n) is 6.97. The van der Waals surface area contributed by atoms with Gasteiger partial charge in [0.1, 0.15) is 0 Å². The topological polar surface area (TPSA) is 48.9 Å². The van der Waals surface area contributed by atoms with Gasteiger partial charge < -0.3 is 20.3 Å². The highest BCUT2D eigenvalue weighted by atomic mass is 16.5. The average molecular weight is 369 g/mol. The van der Waals surface area contributed by atoms with E-state index in [9.17, 15) is 0 Å². The van der Waals surface area contributed by atoms with E-state index in [4.69, 9.17) is 4.74 Å². The van der Waals surface area contributed by atoms with E-state index < -0.39 is 0 Å². The highest BCUT2D eigenvalue weighted by Gasteiger charge is 2.05. The monoisotopic (exact) mass is 368 g/mol. The number of rotatable bonds is 9. The maximum Gasteiger partial charge on any atom is 0.191 e. The average Bonchev–Trinajstić information content (AvgIpc) is 2.69. The third-order valence-electron chi connectivity index (χ3n) is 4.27. The minimum atomic E-state index is 0.395. The Hall–Kier alpha value is -2.53. The fourth-order valence-electron chi connectivity index (χ4n) is 2.60. The van der Waals surface area contributed by atoms with Crippen LogP contribution in [0.25, 0.3) is 0 Å². The highest BCUT2D eigenvalue weighted by Crippen LogP contribution is 2.11. The Bertz CT molecular complexity index is 683. The lowest BCUT2D eigenvalue weighted by atomic mass is 10.2. The Morgan fingerprint density at radius 1 is 1.00 bits per heavy atom. The SMILES string of the molecule is CN=C(NCc1ccc(N(C)C)cc1)NCC(C)COCc1ccccc1. The molecule has 0 heterocycles. The third kappa shape index (κ3) is 7.71. The number of guanidine groups is 1. The molecule has 0 aliphatic carbocycles. The van der Waals surface area contributed by atoms with Gasteiger partial charge in [0.25, 0.3) is 0 Å². The number of nitrogens with zero attached hydrogens (tertiary/aromatic N) is 2. The molecule has 1 atom stereocenters. The molecule has 0 radical (unpaired) electrons. The van der Waals surface area contributed by atoms with Crippen LogP contribution in [0.15, 0.2) is 59.6 Å². The van der Waals surface area contributed by atoms with Crippen molar-refractivity contribution < 1.29 is 4.74 Å². The van der Waals surface area contributed by atoms with Gasteiger partial charge in [-0.1, -0.05) is 49.4 Å². The molecule has 0 bridgehead atoms. The van der Waals surface area contributed by atoms with Gasteiger partial charge in [0.15, 0.2) is 5.96 Å². The molecule has 0 aromatic heterocycles. The molecule has 5 nitrogen and oxygen atoms in total. The molecule has 2 N–H and O–H groups in total. The Morgan fingerprint density at radius 2 is 1.70 bits per heavy atom. The summed E-state index contributed by atoms with van der Waals surface area (Å²) in [5, 5.41) is 6.72. The molecule has 0 spiro atoms. The first-order chi connectivity index (χ1) is 13.1. The van der Waals surface area contributed by atoms with Crippen molar-refractivity contribution in [2.75, 3.05) is 39.2 Å². The summed E-state index contributed by atoms with van der Waals surface area (Å²) < 4.78 is 5.80. The molecule has 5 heteroatoms. The van der Waals surface area contributed by atoms with E-state index in [0.29, 0.717) is 19.1 Å². The van der Waals surface area contributed by atoms with Crippen LogP contribution >= 0.6 is 0 Å². The number of hydrogen-bond donors (Lipinski definition) is 2. The van der Waals surface area contributed by atoms with Gasteiger partial charge in [-0.2, -0.15) is 0 Å². The highest BCUT2D eigenvalue weighted by molar-refractivity contribution is 5.79. The maximum atomic E-state index is 5.80. The van der Waals surface area contributed by atoms with Gasteiger partial charge >= 0.3 is 0 Å². The molecule has 2 aromatic rings. The lowest BCUT2D eigenvalue weighted by molar-refractivity contribution is 0.0931. The van der Waals surface area contributed by atoms with E-state index in [0.717, 1.165) is 19.0 Å². The quantitative estimate of drug-likeness (QED) is 0.527. The van der Waals surface area contributed by atoms with Crippen LogP contribution in [0.4, 0.5) is 5.69 Å². The van der Waals surface area contributed by atoms with Crippen LogP contribution in [0.2, 0.25) is 0 Å². The van der Waals surface area contributed by atoms with E-state index in [1.54, 1.807) is 7.05 Å². The first-order valence-corrected chi connectivity index (χ1v) is 9.41. The smallest absolute Gasteiger partial charge is 0.191 e. The van der Waals surface area contributed by atoms with E-state index in [-0.39, 0.29) is 0 Å². The molecule has 0 amide bonds. The Labute approximate surface area is 163 Å². The van der Waals surface area contributed by atoms with Gasteiger partial charge in [-0.25, -0.2) is 0 Å². The van der Waals surface area contributed by atoms with Crippen LogP contribution in [-0.4, -0.2) is 40.3 Å². The minimum absolute atomic E-state index is 0.395. The lowest BCUT2D eigenvalue weighted by Gasteiger charge is -2.17. The standard InChI is InChI=1S/C22H32N4O/c1-18(16-27-17-20-8-6-5-7-9-20)14-24-22(23-2)25-15-19-10-12-21(13-11-19)26(3)4/h5-13,18H,14-17H2,1-4H3,(H2,23,24,25). The van der Waals surface area contributed by atoms with Gasteiger partial charge in [0.05, 0.1) is 13.2 Å². The first kappa shape index (κ1) is 20.8. The molecule has 146 valence electrons. The van der Waals surface area contributed by atoms with Gasteiger partial charge in [0, 0.05) is 39.9 Å². The fourth-order valence-corrected chi connectivity index (χ4v) is 2.60. The van der Waals surface area contributed by atoms with E-state index in [2.05, 4.69) is 63.8 Å². The number of ether oxygens (including phenoxy) is 1. The molecule has 0 aliphatic heterocycles. The van der Waals surface area contributed by atoms with E-state index in [1.165, 1.54) is 16.8 Å². The number of aliphatic imine (C=N–C) groups is 1. The summed E-state index contributed by atoms with van der Waals surface area (Å²) in [4.78, 5) is 6.39. The number of hydrogen-bond acceptors (Lipinski definition) is 3. The van der Waals surface area contributed by atoms with Crippen molar-refractivity contribution in [3.05, 3.63) is 65.7 Å². The Balaban J connectivity index is 1.67. The Morgan fingerprint density at radius 3 is 2.33 bits per heavy atom. The van der Waals surface area contributed by atoms with Crippen molar-refractivity contribution >= 4 is 11.6 Å².